The molecule has 0 heterocycles. The van der Waals surface area contributed by atoms with E-state index in [9.17, 15) is 0 Å². The van der Waals surface area contributed by atoms with E-state index in [1.54, 1.807) is 0 Å². The van der Waals surface area contributed by atoms with Gasteiger partial charge in [-0.15, -0.1) is 0 Å². The molecule has 112 valence electrons. The Labute approximate surface area is 135 Å². The van der Waals surface area contributed by atoms with Crippen molar-refractivity contribution < 1.29 is 4.74 Å². The summed E-state index contributed by atoms with van der Waals surface area (Å²) in [5.41, 5.74) is 9.60. The van der Waals surface area contributed by atoms with Crippen LogP contribution >= 0.6 is 15.9 Å². The minimum absolute atomic E-state index is 0.182. The molecule has 0 aliphatic heterocycles. The van der Waals surface area contributed by atoms with Crippen molar-refractivity contribution in [2.24, 2.45) is 5.73 Å². The van der Waals surface area contributed by atoms with Gasteiger partial charge in [0.2, 0.25) is 0 Å². The molecule has 0 aromatic heterocycles. The molecule has 2 aromatic carbocycles. The summed E-state index contributed by atoms with van der Waals surface area (Å²) in [5.74, 6) is 0.976. The van der Waals surface area contributed by atoms with Crippen LogP contribution in [0.25, 0.3) is 0 Å². The second-order valence-electron chi connectivity index (χ2n) is 5.35. The normalized spacial score (nSPS) is 12.2. The monoisotopic (exact) mass is 347 g/mol. The van der Waals surface area contributed by atoms with Crippen molar-refractivity contribution in [1.29, 1.82) is 0 Å². The molecule has 0 aliphatic carbocycles. The summed E-state index contributed by atoms with van der Waals surface area (Å²) in [6.45, 7) is 4.77. The Hall–Kier alpha value is -1.32. The number of aryl methyl sites for hydroxylation is 1. The second-order valence-corrected chi connectivity index (χ2v) is 6.27. The topological polar surface area (TPSA) is 35.2 Å². The molecule has 0 amide bonds. The first-order valence-electron chi connectivity index (χ1n) is 7.31. The Morgan fingerprint density at radius 3 is 2.52 bits per heavy atom. The number of para-hydroxylation sites is 1. The summed E-state index contributed by atoms with van der Waals surface area (Å²) >= 11 is 3.45. The number of hydrogen-bond acceptors (Lipinski definition) is 2. The molecule has 2 N–H and O–H groups in total. The quantitative estimate of drug-likeness (QED) is 0.827. The zero-order valence-electron chi connectivity index (χ0n) is 12.6. The lowest BCUT2D eigenvalue weighted by Gasteiger charge is -2.16. The van der Waals surface area contributed by atoms with E-state index in [0.29, 0.717) is 6.61 Å². The lowest BCUT2D eigenvalue weighted by atomic mass is 10.0. The number of nitrogens with two attached hydrogens (primary N) is 1. The predicted molar refractivity (Wildman–Crippen MR) is 91.6 cm³/mol. The first-order valence-corrected chi connectivity index (χ1v) is 8.10. The van der Waals surface area contributed by atoms with Crippen molar-refractivity contribution in [2.75, 3.05) is 0 Å². The fraction of sp³-hybridized carbons (Fsp3) is 0.333. The van der Waals surface area contributed by atoms with E-state index in [4.69, 9.17) is 10.5 Å². The van der Waals surface area contributed by atoms with Crippen LogP contribution in [0.4, 0.5) is 0 Å². The first-order chi connectivity index (χ1) is 10.1. The smallest absolute Gasteiger partial charge is 0.125 e. The summed E-state index contributed by atoms with van der Waals surface area (Å²) in [6.07, 6.45) is 1.83. The van der Waals surface area contributed by atoms with Crippen molar-refractivity contribution in [2.45, 2.75) is 39.3 Å². The maximum atomic E-state index is 6.09. The molecule has 2 nitrogen and oxygen atoms in total. The Bertz CT molecular complexity index is 580. The molecule has 3 heteroatoms. The van der Waals surface area contributed by atoms with Gasteiger partial charge in [0, 0.05) is 10.5 Å². The van der Waals surface area contributed by atoms with Gasteiger partial charge < -0.3 is 10.5 Å². The molecular formula is C18H22BrNO. The number of ether oxygens (including phenoxy) is 1. The second kappa shape index (κ2) is 7.62. The molecule has 21 heavy (non-hydrogen) atoms. The average molecular weight is 348 g/mol. The highest BCUT2D eigenvalue weighted by Crippen LogP contribution is 2.26. The van der Waals surface area contributed by atoms with Crippen molar-refractivity contribution in [3.8, 4) is 5.75 Å². The molecule has 0 saturated carbocycles. The van der Waals surface area contributed by atoms with Gasteiger partial charge in [-0.25, -0.2) is 0 Å². The summed E-state index contributed by atoms with van der Waals surface area (Å²) in [6, 6.07) is 14.6. The molecule has 2 aromatic rings. The Balaban J connectivity index is 2.12. The summed E-state index contributed by atoms with van der Waals surface area (Å²) < 4.78 is 7.15. The van der Waals surface area contributed by atoms with E-state index >= 15 is 0 Å². The fourth-order valence-electron chi connectivity index (χ4n) is 2.24. The summed E-state index contributed by atoms with van der Waals surface area (Å²) in [5, 5.41) is 0. The fourth-order valence-corrected chi connectivity index (χ4v) is 2.51. The van der Waals surface area contributed by atoms with Crippen LogP contribution in [0.2, 0.25) is 0 Å². The van der Waals surface area contributed by atoms with Crippen LogP contribution in [0, 0.1) is 6.92 Å². The molecule has 1 atom stereocenters. The zero-order valence-corrected chi connectivity index (χ0v) is 14.2. The Morgan fingerprint density at radius 1 is 1.14 bits per heavy atom. The number of hydrogen-bond donors (Lipinski definition) is 1. The highest BCUT2D eigenvalue weighted by atomic mass is 79.9. The van der Waals surface area contributed by atoms with Gasteiger partial charge in [-0.2, -0.15) is 0 Å². The van der Waals surface area contributed by atoms with Gasteiger partial charge in [-0.3, -0.25) is 0 Å². The van der Waals surface area contributed by atoms with Crippen LogP contribution in [0.5, 0.6) is 5.75 Å². The van der Waals surface area contributed by atoms with Crippen molar-refractivity contribution >= 4 is 15.9 Å². The minimum atomic E-state index is 0.182. The molecule has 0 fully saturated rings. The maximum absolute atomic E-state index is 6.09. The van der Waals surface area contributed by atoms with Crippen molar-refractivity contribution in [3.05, 3.63) is 63.6 Å². The molecule has 0 aliphatic rings. The van der Waals surface area contributed by atoms with Gasteiger partial charge in [0.25, 0.3) is 0 Å². The SMILES string of the molecule is CCC(N)Cc1cccc(C)c1OCc1ccc(Br)cc1. The van der Waals surface area contributed by atoms with Gasteiger partial charge >= 0.3 is 0 Å². The van der Waals surface area contributed by atoms with E-state index in [0.717, 1.165) is 34.2 Å². The Kier molecular flexibility index (Phi) is 5.83. The molecule has 0 saturated heterocycles. The average Bonchev–Trinajstić information content (AvgIpc) is 2.48. The zero-order chi connectivity index (χ0) is 15.2. The van der Waals surface area contributed by atoms with Gasteiger partial charge in [-0.05, 0) is 48.6 Å². The maximum Gasteiger partial charge on any atom is 0.125 e. The van der Waals surface area contributed by atoms with E-state index in [2.05, 4.69) is 60.1 Å². The molecule has 2 rings (SSSR count). The number of benzene rings is 2. The van der Waals surface area contributed by atoms with Crippen LogP contribution in [0.3, 0.4) is 0 Å². The van der Waals surface area contributed by atoms with Crippen LogP contribution in [-0.2, 0) is 13.0 Å². The van der Waals surface area contributed by atoms with E-state index in [1.807, 2.05) is 12.1 Å². The third kappa shape index (κ3) is 4.58. The molecule has 0 spiro atoms. The van der Waals surface area contributed by atoms with Gasteiger partial charge in [-0.1, -0.05) is 53.2 Å². The predicted octanol–water partition coefficient (Wildman–Crippen LogP) is 4.62. The summed E-state index contributed by atoms with van der Waals surface area (Å²) in [7, 11) is 0. The Morgan fingerprint density at radius 2 is 1.86 bits per heavy atom. The third-order valence-electron chi connectivity index (χ3n) is 3.60. The number of halogens is 1. The van der Waals surface area contributed by atoms with Crippen molar-refractivity contribution in [3.63, 3.8) is 0 Å². The summed E-state index contributed by atoms with van der Waals surface area (Å²) in [4.78, 5) is 0. The molecular weight excluding hydrogens is 326 g/mol. The molecule has 0 bridgehead atoms. The van der Waals surface area contributed by atoms with Gasteiger partial charge in [0.1, 0.15) is 12.4 Å². The first kappa shape index (κ1) is 16.1. The van der Waals surface area contributed by atoms with E-state index < -0.39 is 0 Å². The van der Waals surface area contributed by atoms with Crippen LogP contribution in [0.1, 0.15) is 30.0 Å². The van der Waals surface area contributed by atoms with Crippen LogP contribution in [0.15, 0.2) is 46.9 Å². The molecule has 0 radical (unpaired) electrons. The standard InChI is InChI=1S/C18H22BrNO/c1-3-17(20)11-15-6-4-5-13(2)18(15)21-12-14-7-9-16(19)10-8-14/h4-10,17H,3,11-12,20H2,1-2H3. The van der Waals surface area contributed by atoms with E-state index in [-0.39, 0.29) is 6.04 Å². The van der Waals surface area contributed by atoms with Crippen LogP contribution in [-0.4, -0.2) is 6.04 Å². The largest absolute Gasteiger partial charge is 0.488 e. The lowest BCUT2D eigenvalue weighted by Crippen LogP contribution is -2.21. The van der Waals surface area contributed by atoms with Gasteiger partial charge in [0.15, 0.2) is 0 Å². The lowest BCUT2D eigenvalue weighted by molar-refractivity contribution is 0.300. The van der Waals surface area contributed by atoms with Gasteiger partial charge in [0.05, 0.1) is 0 Å². The van der Waals surface area contributed by atoms with E-state index in [1.165, 1.54) is 5.56 Å². The number of rotatable bonds is 6. The highest BCUT2D eigenvalue weighted by molar-refractivity contribution is 9.10. The molecule has 1 unspecified atom stereocenters. The van der Waals surface area contributed by atoms with Crippen molar-refractivity contribution in [1.82, 2.24) is 0 Å². The van der Waals surface area contributed by atoms with Crippen LogP contribution < -0.4 is 10.5 Å². The minimum Gasteiger partial charge on any atom is -0.488 e. The third-order valence-corrected chi connectivity index (χ3v) is 4.13. The highest BCUT2D eigenvalue weighted by Gasteiger charge is 2.10.